The molecule has 20 heavy (non-hydrogen) atoms. The molecule has 1 amide bonds. The minimum absolute atomic E-state index is 0.0216. The van der Waals surface area contributed by atoms with Crippen molar-refractivity contribution in [2.75, 3.05) is 6.61 Å². The summed E-state index contributed by atoms with van der Waals surface area (Å²) in [4.78, 5) is 16.5. The Morgan fingerprint density at radius 3 is 2.95 bits per heavy atom. The van der Waals surface area contributed by atoms with Gasteiger partial charge in [0.15, 0.2) is 0 Å². The fourth-order valence-electron chi connectivity index (χ4n) is 2.37. The van der Waals surface area contributed by atoms with Crippen LogP contribution in [0.15, 0.2) is 18.3 Å². The third-order valence-corrected chi connectivity index (χ3v) is 3.85. The van der Waals surface area contributed by atoms with Gasteiger partial charge in [-0.05, 0) is 37.8 Å². The summed E-state index contributed by atoms with van der Waals surface area (Å²) in [6, 6.07) is 3.55. The number of nitrogens with one attached hydrogen (secondary N) is 1. The number of amides is 1. The Kier molecular flexibility index (Phi) is 4.75. The molecule has 0 atom stereocenters. The molecule has 1 fully saturated rings. The molecule has 0 saturated heterocycles. The largest absolute Gasteiger partial charge is 0.395 e. The Morgan fingerprint density at radius 2 is 2.35 bits per heavy atom. The molecule has 1 saturated carbocycles. The highest BCUT2D eigenvalue weighted by Crippen LogP contribution is 2.34. The molecule has 1 aromatic heterocycles. The first-order valence-electron chi connectivity index (χ1n) is 7.08. The van der Waals surface area contributed by atoms with E-state index in [0.717, 1.165) is 19.3 Å². The summed E-state index contributed by atoms with van der Waals surface area (Å²) in [6.07, 6.45) is 6.18. The number of pyridine rings is 1. The molecule has 0 bridgehead atoms. The number of carbonyl (C=O) groups is 1. The fraction of sp³-hybridized carbons (Fsp3) is 0.500. The number of nitrogens with zero attached hydrogens (tertiary/aromatic N) is 1. The van der Waals surface area contributed by atoms with Gasteiger partial charge in [-0.2, -0.15) is 0 Å². The molecule has 2 rings (SSSR count). The van der Waals surface area contributed by atoms with E-state index >= 15 is 0 Å². The van der Waals surface area contributed by atoms with Gasteiger partial charge in [0.25, 0.3) is 5.91 Å². The van der Waals surface area contributed by atoms with E-state index in [4.69, 9.17) is 5.11 Å². The molecule has 0 aliphatic heterocycles. The normalized spacial score (nSPS) is 15.7. The van der Waals surface area contributed by atoms with Gasteiger partial charge in [0.05, 0.1) is 12.2 Å². The van der Waals surface area contributed by atoms with E-state index in [-0.39, 0.29) is 18.1 Å². The van der Waals surface area contributed by atoms with Crippen molar-refractivity contribution in [3.8, 4) is 11.8 Å². The van der Waals surface area contributed by atoms with Gasteiger partial charge in [0.1, 0.15) is 5.69 Å². The van der Waals surface area contributed by atoms with Crippen molar-refractivity contribution >= 4 is 5.91 Å². The Hall–Kier alpha value is -1.86. The summed E-state index contributed by atoms with van der Waals surface area (Å²) >= 11 is 0. The zero-order chi connectivity index (χ0) is 14.4. The van der Waals surface area contributed by atoms with E-state index < -0.39 is 0 Å². The Morgan fingerprint density at radius 1 is 1.55 bits per heavy atom. The average Bonchev–Trinajstić information content (AvgIpc) is 2.43. The molecule has 0 radical (unpaired) electrons. The quantitative estimate of drug-likeness (QED) is 0.823. The highest BCUT2D eigenvalue weighted by Gasteiger charge is 2.37. The van der Waals surface area contributed by atoms with Crippen LogP contribution in [0, 0.1) is 11.8 Å². The van der Waals surface area contributed by atoms with Crippen molar-refractivity contribution in [1.82, 2.24) is 10.3 Å². The number of aliphatic hydroxyl groups excluding tert-OH is 1. The van der Waals surface area contributed by atoms with E-state index in [9.17, 15) is 4.79 Å². The SMILES string of the molecule is CCC1(NC(=O)c2ncccc2C#CCCO)CCC1. The zero-order valence-corrected chi connectivity index (χ0v) is 11.8. The van der Waals surface area contributed by atoms with Crippen molar-refractivity contribution in [2.45, 2.75) is 44.6 Å². The summed E-state index contributed by atoms with van der Waals surface area (Å²) in [5.74, 6) is 5.58. The molecule has 106 valence electrons. The first-order valence-corrected chi connectivity index (χ1v) is 7.08. The van der Waals surface area contributed by atoms with Gasteiger partial charge >= 0.3 is 0 Å². The molecule has 0 spiro atoms. The second-order valence-electron chi connectivity index (χ2n) is 5.12. The van der Waals surface area contributed by atoms with Crippen LogP contribution in [-0.4, -0.2) is 28.1 Å². The molecule has 4 heteroatoms. The van der Waals surface area contributed by atoms with Crippen LogP contribution < -0.4 is 5.32 Å². The van der Waals surface area contributed by atoms with Crippen LogP contribution in [-0.2, 0) is 0 Å². The number of rotatable bonds is 4. The first kappa shape index (κ1) is 14.5. The molecule has 2 N–H and O–H groups in total. The summed E-state index contributed by atoms with van der Waals surface area (Å²) in [7, 11) is 0. The molecule has 4 nitrogen and oxygen atoms in total. The number of aliphatic hydroxyl groups is 1. The zero-order valence-electron chi connectivity index (χ0n) is 11.8. The lowest BCUT2D eigenvalue weighted by Gasteiger charge is -2.41. The molecule has 1 aliphatic carbocycles. The fourth-order valence-corrected chi connectivity index (χ4v) is 2.37. The molecule has 1 aliphatic rings. The molecular formula is C16H20N2O2. The van der Waals surface area contributed by atoms with Gasteiger partial charge in [-0.15, -0.1) is 0 Å². The summed E-state index contributed by atoms with van der Waals surface area (Å²) in [5, 5.41) is 11.9. The first-order chi connectivity index (χ1) is 9.71. The van der Waals surface area contributed by atoms with Gasteiger partial charge in [-0.25, -0.2) is 4.98 Å². The van der Waals surface area contributed by atoms with E-state index in [1.807, 2.05) is 0 Å². The lowest BCUT2D eigenvalue weighted by Crippen LogP contribution is -2.53. The van der Waals surface area contributed by atoms with Crippen molar-refractivity contribution in [3.63, 3.8) is 0 Å². The second kappa shape index (κ2) is 6.53. The number of hydrogen-bond donors (Lipinski definition) is 2. The smallest absolute Gasteiger partial charge is 0.271 e. The van der Waals surface area contributed by atoms with Crippen LogP contribution in [0.1, 0.15) is 55.1 Å². The van der Waals surface area contributed by atoms with Gasteiger partial charge in [-0.1, -0.05) is 18.8 Å². The second-order valence-corrected chi connectivity index (χ2v) is 5.12. The standard InChI is InChI=1S/C16H20N2O2/c1-2-16(9-6-10-16)18-15(20)14-13(7-3-4-12-19)8-5-11-17-14/h5,8,11,19H,2,4,6,9-10,12H2,1H3,(H,18,20). The molecule has 0 unspecified atom stereocenters. The summed E-state index contributed by atoms with van der Waals surface area (Å²) in [5.41, 5.74) is 0.936. The predicted octanol–water partition coefficient (Wildman–Crippen LogP) is 1.88. The number of aromatic nitrogens is 1. The van der Waals surface area contributed by atoms with Gasteiger partial charge in [0.2, 0.25) is 0 Å². The Labute approximate surface area is 119 Å². The van der Waals surface area contributed by atoms with Crippen molar-refractivity contribution in [3.05, 3.63) is 29.6 Å². The van der Waals surface area contributed by atoms with Crippen LogP contribution in [0.2, 0.25) is 0 Å². The third-order valence-electron chi connectivity index (χ3n) is 3.85. The van der Waals surface area contributed by atoms with Gasteiger partial charge < -0.3 is 10.4 Å². The molecule has 1 heterocycles. The lowest BCUT2D eigenvalue weighted by molar-refractivity contribution is 0.0815. The van der Waals surface area contributed by atoms with Crippen LogP contribution in [0.5, 0.6) is 0 Å². The molecule has 1 aromatic rings. The topological polar surface area (TPSA) is 62.2 Å². The van der Waals surface area contributed by atoms with E-state index in [2.05, 4.69) is 29.1 Å². The predicted molar refractivity (Wildman–Crippen MR) is 77.2 cm³/mol. The summed E-state index contributed by atoms with van der Waals surface area (Å²) < 4.78 is 0. The van der Waals surface area contributed by atoms with Gasteiger partial charge in [0, 0.05) is 18.2 Å². The lowest BCUT2D eigenvalue weighted by atomic mass is 9.75. The third kappa shape index (κ3) is 3.17. The van der Waals surface area contributed by atoms with Crippen molar-refractivity contribution in [1.29, 1.82) is 0 Å². The highest BCUT2D eigenvalue weighted by atomic mass is 16.2. The number of hydrogen-bond acceptors (Lipinski definition) is 3. The minimum atomic E-state index is -0.152. The minimum Gasteiger partial charge on any atom is -0.395 e. The van der Waals surface area contributed by atoms with Crippen molar-refractivity contribution < 1.29 is 9.90 Å². The number of carbonyl (C=O) groups excluding carboxylic acids is 1. The monoisotopic (exact) mass is 272 g/mol. The average molecular weight is 272 g/mol. The van der Waals surface area contributed by atoms with E-state index in [0.29, 0.717) is 17.7 Å². The Balaban J connectivity index is 2.16. The maximum absolute atomic E-state index is 12.4. The molecular weight excluding hydrogens is 252 g/mol. The maximum atomic E-state index is 12.4. The van der Waals surface area contributed by atoms with Crippen LogP contribution >= 0.6 is 0 Å². The van der Waals surface area contributed by atoms with Crippen LogP contribution in [0.25, 0.3) is 0 Å². The molecule has 0 aromatic carbocycles. The Bertz CT molecular complexity index is 533. The van der Waals surface area contributed by atoms with E-state index in [1.54, 1.807) is 18.3 Å². The highest BCUT2D eigenvalue weighted by molar-refractivity contribution is 5.95. The van der Waals surface area contributed by atoms with Gasteiger partial charge in [-0.3, -0.25) is 4.79 Å². The van der Waals surface area contributed by atoms with Crippen molar-refractivity contribution in [2.24, 2.45) is 0 Å². The summed E-state index contributed by atoms with van der Waals surface area (Å²) in [6.45, 7) is 2.12. The van der Waals surface area contributed by atoms with E-state index in [1.165, 1.54) is 6.42 Å². The van der Waals surface area contributed by atoms with Crippen LogP contribution in [0.3, 0.4) is 0 Å². The van der Waals surface area contributed by atoms with Crippen LogP contribution in [0.4, 0.5) is 0 Å². The maximum Gasteiger partial charge on any atom is 0.271 e.